The first kappa shape index (κ1) is 15.3. The SMILES string of the molecule is NCCc1ccc(CNC(=O)N2CC(N)C3(CCC3)C2)cc1. The minimum absolute atomic E-state index is 0.00487. The predicted molar refractivity (Wildman–Crippen MR) is 87.3 cm³/mol. The van der Waals surface area contributed by atoms with Gasteiger partial charge < -0.3 is 21.7 Å². The van der Waals surface area contributed by atoms with E-state index in [1.807, 2.05) is 4.90 Å². The molecular weight excluding hydrogens is 276 g/mol. The maximum Gasteiger partial charge on any atom is 0.317 e. The van der Waals surface area contributed by atoms with Crippen LogP contribution in [0.1, 0.15) is 30.4 Å². The third-order valence-corrected chi connectivity index (χ3v) is 5.25. The van der Waals surface area contributed by atoms with E-state index in [2.05, 4.69) is 29.6 Å². The second-order valence-corrected chi connectivity index (χ2v) is 6.72. The number of amides is 2. The van der Waals surface area contributed by atoms with Crippen LogP contribution in [0.3, 0.4) is 0 Å². The Morgan fingerprint density at radius 3 is 2.50 bits per heavy atom. The zero-order chi connectivity index (χ0) is 15.6. The quantitative estimate of drug-likeness (QED) is 0.781. The van der Waals surface area contributed by atoms with Gasteiger partial charge in [-0.25, -0.2) is 4.79 Å². The van der Waals surface area contributed by atoms with Crippen molar-refractivity contribution in [3.63, 3.8) is 0 Å². The molecule has 0 bridgehead atoms. The highest BCUT2D eigenvalue weighted by molar-refractivity contribution is 5.74. The molecule has 2 amide bonds. The molecule has 1 saturated heterocycles. The Morgan fingerprint density at radius 1 is 1.27 bits per heavy atom. The van der Waals surface area contributed by atoms with Crippen LogP contribution in [0.25, 0.3) is 0 Å². The molecular formula is C17H26N4O. The zero-order valence-corrected chi connectivity index (χ0v) is 13.1. The zero-order valence-electron chi connectivity index (χ0n) is 13.1. The van der Waals surface area contributed by atoms with Crippen molar-refractivity contribution >= 4 is 6.03 Å². The van der Waals surface area contributed by atoms with Gasteiger partial charge in [0.2, 0.25) is 0 Å². The number of hydrogen-bond acceptors (Lipinski definition) is 3. The summed E-state index contributed by atoms with van der Waals surface area (Å²) in [5.41, 5.74) is 14.3. The molecule has 1 heterocycles. The molecule has 5 N–H and O–H groups in total. The molecule has 1 atom stereocenters. The Bertz CT molecular complexity index is 524. The first-order chi connectivity index (χ1) is 10.6. The van der Waals surface area contributed by atoms with Crippen LogP contribution in [0.15, 0.2) is 24.3 Å². The molecule has 1 spiro atoms. The molecule has 1 unspecified atom stereocenters. The summed E-state index contributed by atoms with van der Waals surface area (Å²) in [5.74, 6) is 0. The Labute approximate surface area is 132 Å². The molecule has 2 aliphatic rings. The lowest BCUT2D eigenvalue weighted by Gasteiger charge is -2.41. The number of carbonyl (C=O) groups excluding carboxylic acids is 1. The first-order valence-corrected chi connectivity index (χ1v) is 8.19. The van der Waals surface area contributed by atoms with E-state index in [0.717, 1.165) is 18.5 Å². The van der Waals surface area contributed by atoms with Crippen LogP contribution in [0.2, 0.25) is 0 Å². The summed E-state index contributed by atoms with van der Waals surface area (Å²) in [6.07, 6.45) is 4.47. The van der Waals surface area contributed by atoms with Crippen LogP contribution in [0.5, 0.6) is 0 Å². The molecule has 5 nitrogen and oxygen atoms in total. The number of hydrogen-bond donors (Lipinski definition) is 3. The molecule has 1 aliphatic heterocycles. The summed E-state index contributed by atoms with van der Waals surface area (Å²) in [6, 6.07) is 8.39. The van der Waals surface area contributed by atoms with Gasteiger partial charge in [0.25, 0.3) is 0 Å². The normalized spacial score (nSPS) is 22.6. The maximum atomic E-state index is 12.3. The van der Waals surface area contributed by atoms with E-state index in [4.69, 9.17) is 11.5 Å². The van der Waals surface area contributed by atoms with E-state index in [0.29, 0.717) is 19.6 Å². The van der Waals surface area contributed by atoms with Crippen molar-refractivity contribution in [2.24, 2.45) is 16.9 Å². The highest BCUT2D eigenvalue weighted by Gasteiger charge is 2.49. The third-order valence-electron chi connectivity index (χ3n) is 5.25. The molecule has 120 valence electrons. The minimum atomic E-state index is 0.00487. The average Bonchev–Trinajstić information content (AvgIpc) is 2.84. The number of nitrogens with two attached hydrogens (primary N) is 2. The van der Waals surface area contributed by atoms with Crippen molar-refractivity contribution in [1.82, 2.24) is 10.2 Å². The molecule has 0 aromatic heterocycles. The van der Waals surface area contributed by atoms with Crippen molar-refractivity contribution in [2.45, 2.75) is 38.3 Å². The molecule has 3 rings (SSSR count). The van der Waals surface area contributed by atoms with Crippen molar-refractivity contribution < 1.29 is 4.79 Å². The van der Waals surface area contributed by atoms with E-state index < -0.39 is 0 Å². The lowest BCUT2D eigenvalue weighted by molar-refractivity contribution is 0.125. The van der Waals surface area contributed by atoms with Crippen molar-refractivity contribution in [3.05, 3.63) is 35.4 Å². The topological polar surface area (TPSA) is 84.4 Å². The summed E-state index contributed by atoms with van der Waals surface area (Å²) < 4.78 is 0. The number of carbonyl (C=O) groups is 1. The lowest BCUT2D eigenvalue weighted by atomic mass is 9.66. The minimum Gasteiger partial charge on any atom is -0.334 e. The van der Waals surface area contributed by atoms with Gasteiger partial charge in [0.15, 0.2) is 0 Å². The number of urea groups is 1. The van der Waals surface area contributed by atoms with E-state index in [1.54, 1.807) is 0 Å². The van der Waals surface area contributed by atoms with Gasteiger partial charge in [-0.3, -0.25) is 0 Å². The van der Waals surface area contributed by atoms with Crippen LogP contribution in [-0.2, 0) is 13.0 Å². The Balaban J connectivity index is 1.50. The fraction of sp³-hybridized carbons (Fsp3) is 0.588. The summed E-state index contributed by atoms with van der Waals surface area (Å²) in [5, 5.41) is 3.01. The van der Waals surface area contributed by atoms with E-state index in [9.17, 15) is 4.79 Å². The molecule has 1 saturated carbocycles. The number of likely N-dealkylation sites (tertiary alicyclic amines) is 1. The fourth-order valence-electron chi connectivity index (χ4n) is 3.59. The Morgan fingerprint density at radius 2 is 1.95 bits per heavy atom. The summed E-state index contributed by atoms with van der Waals surface area (Å²) in [7, 11) is 0. The van der Waals surface area contributed by atoms with Gasteiger partial charge in [0.05, 0.1) is 0 Å². The smallest absolute Gasteiger partial charge is 0.317 e. The van der Waals surface area contributed by atoms with Gasteiger partial charge in [-0.1, -0.05) is 30.7 Å². The van der Waals surface area contributed by atoms with Gasteiger partial charge >= 0.3 is 6.03 Å². The fourth-order valence-corrected chi connectivity index (χ4v) is 3.59. The molecule has 0 radical (unpaired) electrons. The van der Waals surface area contributed by atoms with Gasteiger partial charge in [-0.15, -0.1) is 0 Å². The molecule has 2 fully saturated rings. The Hall–Kier alpha value is -1.59. The van der Waals surface area contributed by atoms with Crippen LogP contribution in [-0.4, -0.2) is 36.6 Å². The van der Waals surface area contributed by atoms with E-state index >= 15 is 0 Å². The van der Waals surface area contributed by atoms with Gasteiger partial charge in [-0.2, -0.15) is 0 Å². The highest BCUT2D eigenvalue weighted by atomic mass is 16.2. The third kappa shape index (κ3) is 2.96. The van der Waals surface area contributed by atoms with Crippen molar-refractivity contribution in [1.29, 1.82) is 0 Å². The van der Waals surface area contributed by atoms with Crippen molar-refractivity contribution in [3.8, 4) is 0 Å². The van der Waals surface area contributed by atoms with Gasteiger partial charge in [0, 0.05) is 31.1 Å². The van der Waals surface area contributed by atoms with E-state index in [-0.39, 0.29) is 17.5 Å². The maximum absolute atomic E-state index is 12.3. The number of rotatable bonds is 4. The molecule has 1 aliphatic carbocycles. The van der Waals surface area contributed by atoms with E-state index in [1.165, 1.54) is 24.8 Å². The van der Waals surface area contributed by atoms with Crippen molar-refractivity contribution in [2.75, 3.05) is 19.6 Å². The summed E-state index contributed by atoms with van der Waals surface area (Å²) >= 11 is 0. The Kier molecular flexibility index (Phi) is 4.36. The second kappa shape index (κ2) is 6.26. The number of benzene rings is 1. The second-order valence-electron chi connectivity index (χ2n) is 6.72. The number of nitrogens with zero attached hydrogens (tertiary/aromatic N) is 1. The average molecular weight is 302 g/mol. The van der Waals surface area contributed by atoms with Crippen LogP contribution < -0.4 is 16.8 Å². The largest absolute Gasteiger partial charge is 0.334 e. The van der Waals surface area contributed by atoms with Gasteiger partial charge in [-0.05, 0) is 36.9 Å². The molecule has 1 aromatic rings. The van der Waals surface area contributed by atoms with Gasteiger partial charge in [0.1, 0.15) is 0 Å². The van der Waals surface area contributed by atoms with Crippen LogP contribution in [0, 0.1) is 5.41 Å². The lowest BCUT2D eigenvalue weighted by Crippen LogP contribution is -2.45. The standard InChI is InChI=1S/C17H26N4O/c18-9-6-13-2-4-14(5-3-13)10-20-16(22)21-11-15(19)17(12-21)7-1-8-17/h2-5,15H,1,6-12,18-19H2,(H,20,22). The van der Waals surface area contributed by atoms with Crippen LogP contribution >= 0.6 is 0 Å². The predicted octanol–water partition coefficient (Wildman–Crippen LogP) is 1.21. The monoisotopic (exact) mass is 302 g/mol. The summed E-state index contributed by atoms with van der Waals surface area (Å²) in [6.45, 7) is 2.71. The number of nitrogens with one attached hydrogen (secondary N) is 1. The molecule has 5 heteroatoms. The molecule has 22 heavy (non-hydrogen) atoms. The summed E-state index contributed by atoms with van der Waals surface area (Å²) in [4.78, 5) is 14.2. The first-order valence-electron chi connectivity index (χ1n) is 8.19. The van der Waals surface area contributed by atoms with Crippen LogP contribution in [0.4, 0.5) is 4.79 Å². The molecule has 1 aromatic carbocycles. The highest BCUT2D eigenvalue weighted by Crippen LogP contribution is 2.47.